The number of benzene rings is 2. The van der Waals surface area contributed by atoms with Crippen molar-refractivity contribution in [2.24, 2.45) is 0 Å². The molecule has 2 aromatic carbocycles. The Bertz CT molecular complexity index is 773. The third-order valence-corrected chi connectivity index (χ3v) is 3.83. The third kappa shape index (κ3) is 2.49. The molecule has 0 aliphatic rings. The first-order chi connectivity index (χ1) is 10.1. The van der Waals surface area contributed by atoms with Gasteiger partial charge in [-0.25, -0.2) is 4.98 Å². The minimum atomic E-state index is 0.312. The van der Waals surface area contributed by atoms with E-state index in [2.05, 4.69) is 48.0 Å². The predicted octanol–water partition coefficient (Wildman–Crippen LogP) is 4.98. The van der Waals surface area contributed by atoms with Crippen molar-refractivity contribution >= 4 is 28.3 Å². The number of hydrogen-bond acceptors (Lipinski definition) is 2. The van der Waals surface area contributed by atoms with E-state index < -0.39 is 0 Å². The Morgan fingerprint density at radius 3 is 2.43 bits per heavy atom. The minimum absolute atomic E-state index is 0.312. The smallest absolute Gasteiger partial charge is 0.141 e. The van der Waals surface area contributed by atoms with E-state index in [4.69, 9.17) is 16.6 Å². The number of anilines is 1. The van der Waals surface area contributed by atoms with Gasteiger partial charge in [-0.3, -0.25) is 0 Å². The van der Waals surface area contributed by atoms with Crippen molar-refractivity contribution in [3.05, 3.63) is 47.5 Å². The molecule has 0 saturated carbocycles. The number of halogens is 1. The second-order valence-electron chi connectivity index (χ2n) is 5.36. The van der Waals surface area contributed by atoms with Crippen molar-refractivity contribution in [1.29, 1.82) is 0 Å². The van der Waals surface area contributed by atoms with Gasteiger partial charge in [0.05, 0.1) is 11.0 Å². The number of hydrogen-bond donors (Lipinski definition) is 1. The van der Waals surface area contributed by atoms with Gasteiger partial charge < -0.3 is 9.88 Å². The van der Waals surface area contributed by atoms with E-state index >= 15 is 0 Å². The lowest BCUT2D eigenvalue weighted by atomic mass is 10.2. The zero-order chi connectivity index (χ0) is 15.0. The zero-order valence-electron chi connectivity index (χ0n) is 12.4. The molecule has 21 heavy (non-hydrogen) atoms. The van der Waals surface area contributed by atoms with Crippen LogP contribution in [-0.4, -0.2) is 16.6 Å². The quantitative estimate of drug-likeness (QED) is 0.739. The van der Waals surface area contributed by atoms with Crippen LogP contribution in [0.15, 0.2) is 42.5 Å². The van der Waals surface area contributed by atoms with Crippen molar-refractivity contribution in [2.75, 3.05) is 12.4 Å². The maximum Gasteiger partial charge on any atom is 0.141 e. The van der Waals surface area contributed by atoms with Crippen molar-refractivity contribution in [2.45, 2.75) is 19.9 Å². The summed E-state index contributed by atoms with van der Waals surface area (Å²) in [5.41, 5.74) is 4.25. The summed E-state index contributed by atoms with van der Waals surface area (Å²) < 4.78 is 2.23. The Hall–Kier alpha value is -2.00. The number of rotatable bonds is 3. The molecule has 1 heterocycles. The van der Waals surface area contributed by atoms with Gasteiger partial charge in [0.15, 0.2) is 0 Å². The number of nitrogens with one attached hydrogen (secondary N) is 1. The zero-order valence-corrected chi connectivity index (χ0v) is 13.1. The van der Waals surface area contributed by atoms with E-state index in [9.17, 15) is 0 Å². The molecule has 0 unspecified atom stereocenters. The highest BCUT2D eigenvalue weighted by atomic mass is 35.5. The number of imidazole rings is 1. The highest BCUT2D eigenvalue weighted by Gasteiger charge is 2.15. The second-order valence-corrected chi connectivity index (χ2v) is 5.80. The molecule has 4 heteroatoms. The Morgan fingerprint density at radius 1 is 1.10 bits per heavy atom. The average molecular weight is 300 g/mol. The Kier molecular flexibility index (Phi) is 3.60. The first-order valence-electron chi connectivity index (χ1n) is 7.06. The summed E-state index contributed by atoms with van der Waals surface area (Å²) in [6.07, 6.45) is 0. The van der Waals surface area contributed by atoms with Gasteiger partial charge in [0.2, 0.25) is 0 Å². The van der Waals surface area contributed by atoms with Crippen molar-refractivity contribution < 1.29 is 0 Å². The Labute approximate surface area is 129 Å². The molecular weight excluding hydrogens is 282 g/mol. The molecule has 108 valence electrons. The van der Waals surface area contributed by atoms with E-state index in [0.717, 1.165) is 33.1 Å². The van der Waals surface area contributed by atoms with Gasteiger partial charge >= 0.3 is 0 Å². The SMILES string of the molecule is CNc1ccc(-c2nc3ccc(Cl)cc3n2C(C)C)cc1. The molecule has 0 saturated heterocycles. The summed E-state index contributed by atoms with van der Waals surface area (Å²) in [6.45, 7) is 4.32. The third-order valence-electron chi connectivity index (χ3n) is 3.60. The molecule has 3 aromatic rings. The monoisotopic (exact) mass is 299 g/mol. The maximum atomic E-state index is 6.14. The molecule has 0 fully saturated rings. The van der Waals surface area contributed by atoms with Crippen LogP contribution in [0.4, 0.5) is 5.69 Å². The maximum absolute atomic E-state index is 6.14. The fourth-order valence-corrected chi connectivity index (χ4v) is 2.74. The number of nitrogens with zero attached hydrogens (tertiary/aromatic N) is 2. The lowest BCUT2D eigenvalue weighted by Gasteiger charge is -2.13. The summed E-state index contributed by atoms with van der Waals surface area (Å²) in [5, 5.41) is 3.87. The largest absolute Gasteiger partial charge is 0.388 e. The molecule has 1 N–H and O–H groups in total. The van der Waals surface area contributed by atoms with Crippen LogP contribution in [0, 0.1) is 0 Å². The first-order valence-corrected chi connectivity index (χ1v) is 7.43. The lowest BCUT2D eigenvalue weighted by molar-refractivity contribution is 0.624. The van der Waals surface area contributed by atoms with Crippen LogP contribution < -0.4 is 5.32 Å². The van der Waals surface area contributed by atoms with Gasteiger partial charge in [0, 0.05) is 29.4 Å². The second kappa shape index (κ2) is 5.41. The summed E-state index contributed by atoms with van der Waals surface area (Å²) in [6, 6.07) is 14.5. The van der Waals surface area contributed by atoms with E-state index in [1.54, 1.807) is 0 Å². The van der Waals surface area contributed by atoms with Crippen LogP contribution in [0.1, 0.15) is 19.9 Å². The van der Waals surface area contributed by atoms with Crippen LogP contribution in [0.3, 0.4) is 0 Å². The molecule has 3 rings (SSSR count). The van der Waals surface area contributed by atoms with Gasteiger partial charge in [-0.05, 0) is 56.3 Å². The van der Waals surface area contributed by atoms with Gasteiger partial charge in [-0.1, -0.05) is 11.6 Å². The Morgan fingerprint density at radius 2 is 1.81 bits per heavy atom. The van der Waals surface area contributed by atoms with Crippen molar-refractivity contribution in [3.63, 3.8) is 0 Å². The minimum Gasteiger partial charge on any atom is -0.388 e. The van der Waals surface area contributed by atoms with Gasteiger partial charge in [0.1, 0.15) is 5.82 Å². The summed E-state index contributed by atoms with van der Waals surface area (Å²) >= 11 is 6.14. The normalized spacial score (nSPS) is 11.3. The molecule has 0 bridgehead atoms. The fraction of sp³-hybridized carbons (Fsp3) is 0.235. The van der Waals surface area contributed by atoms with Crippen LogP contribution in [0.5, 0.6) is 0 Å². The van der Waals surface area contributed by atoms with E-state index in [-0.39, 0.29) is 0 Å². The molecule has 3 nitrogen and oxygen atoms in total. The van der Waals surface area contributed by atoms with Gasteiger partial charge in [-0.2, -0.15) is 0 Å². The summed E-state index contributed by atoms with van der Waals surface area (Å²) in [7, 11) is 1.92. The fourth-order valence-electron chi connectivity index (χ4n) is 2.58. The van der Waals surface area contributed by atoms with E-state index in [1.807, 2.05) is 25.2 Å². The molecule has 0 aliphatic heterocycles. The van der Waals surface area contributed by atoms with E-state index in [0.29, 0.717) is 6.04 Å². The topological polar surface area (TPSA) is 29.9 Å². The predicted molar refractivity (Wildman–Crippen MR) is 90.1 cm³/mol. The number of fused-ring (bicyclic) bond motifs is 1. The highest BCUT2D eigenvalue weighted by Crippen LogP contribution is 2.30. The average Bonchev–Trinajstić information content (AvgIpc) is 2.86. The molecule has 0 spiro atoms. The van der Waals surface area contributed by atoms with Crippen LogP contribution in [0.2, 0.25) is 5.02 Å². The summed E-state index contributed by atoms with van der Waals surface area (Å²) in [5.74, 6) is 0.977. The lowest BCUT2D eigenvalue weighted by Crippen LogP contribution is -2.03. The highest BCUT2D eigenvalue weighted by molar-refractivity contribution is 6.31. The van der Waals surface area contributed by atoms with Crippen molar-refractivity contribution in [3.8, 4) is 11.4 Å². The van der Waals surface area contributed by atoms with Gasteiger partial charge in [0.25, 0.3) is 0 Å². The molecular formula is C17H18ClN3. The Balaban J connectivity index is 2.23. The first kappa shape index (κ1) is 14.0. The molecule has 0 radical (unpaired) electrons. The summed E-state index contributed by atoms with van der Waals surface area (Å²) in [4.78, 5) is 4.78. The molecule has 0 aliphatic carbocycles. The van der Waals surface area contributed by atoms with Crippen molar-refractivity contribution in [1.82, 2.24) is 9.55 Å². The molecule has 0 atom stereocenters. The number of aromatic nitrogens is 2. The standard InChI is InChI=1S/C17H18ClN3/c1-11(2)21-16-10-13(18)6-9-15(16)20-17(21)12-4-7-14(19-3)8-5-12/h4-11,19H,1-3H3. The molecule has 0 amide bonds. The van der Waals surface area contributed by atoms with Crippen LogP contribution in [0.25, 0.3) is 22.4 Å². The van der Waals surface area contributed by atoms with E-state index in [1.165, 1.54) is 0 Å². The van der Waals surface area contributed by atoms with Crippen LogP contribution >= 0.6 is 11.6 Å². The van der Waals surface area contributed by atoms with Crippen LogP contribution in [-0.2, 0) is 0 Å². The molecule has 1 aromatic heterocycles. The van der Waals surface area contributed by atoms with Gasteiger partial charge in [-0.15, -0.1) is 0 Å².